The summed E-state index contributed by atoms with van der Waals surface area (Å²) in [6.07, 6.45) is 0. The maximum absolute atomic E-state index is 2.31. The molecule has 0 bridgehead atoms. The van der Waals surface area contributed by atoms with E-state index in [2.05, 4.69) is 110 Å². The van der Waals surface area contributed by atoms with E-state index >= 15 is 0 Å². The van der Waals surface area contributed by atoms with Crippen molar-refractivity contribution in [2.24, 2.45) is 0 Å². The van der Waals surface area contributed by atoms with Crippen LogP contribution in [0.3, 0.4) is 0 Å². The van der Waals surface area contributed by atoms with Gasteiger partial charge in [0, 0.05) is 0 Å². The molecule has 0 fully saturated rings. The number of rotatable bonds is 2. The summed E-state index contributed by atoms with van der Waals surface area (Å²) < 4.78 is 0. The van der Waals surface area contributed by atoms with Crippen LogP contribution in [0, 0.1) is 6.92 Å². The Labute approximate surface area is 168 Å². The van der Waals surface area contributed by atoms with Crippen molar-refractivity contribution in [3.05, 3.63) is 131 Å². The van der Waals surface area contributed by atoms with E-state index in [0.717, 1.165) is 0 Å². The lowest BCUT2D eigenvalue weighted by Crippen LogP contribution is -2.28. The minimum Gasteiger partial charge on any atom is -0.0683 e. The molecule has 0 aromatic heterocycles. The van der Waals surface area contributed by atoms with E-state index in [1.807, 2.05) is 13.8 Å². The molecule has 1 aliphatic rings. The Morgan fingerprint density at radius 2 is 1.00 bits per heavy atom. The van der Waals surface area contributed by atoms with Crippen LogP contribution in [0.2, 0.25) is 0 Å². The van der Waals surface area contributed by atoms with E-state index in [1.165, 1.54) is 38.9 Å². The largest absolute Gasteiger partial charge is 0.0713 e. The van der Waals surface area contributed by atoms with E-state index in [0.29, 0.717) is 0 Å². The van der Waals surface area contributed by atoms with Crippen LogP contribution in [0.5, 0.6) is 0 Å². The summed E-state index contributed by atoms with van der Waals surface area (Å²) in [5, 5.41) is 0. The van der Waals surface area contributed by atoms with Crippen molar-refractivity contribution in [2.75, 3.05) is 0 Å². The first-order valence-electron chi connectivity index (χ1n) is 10.1. The van der Waals surface area contributed by atoms with E-state index in [1.54, 1.807) is 0 Å². The van der Waals surface area contributed by atoms with Crippen LogP contribution in [0.1, 0.15) is 41.7 Å². The molecule has 0 nitrogen and oxygen atoms in total. The lowest BCUT2D eigenvalue weighted by molar-refractivity contribution is 0.768. The van der Waals surface area contributed by atoms with Crippen LogP contribution in [-0.4, -0.2) is 0 Å². The molecule has 0 aliphatic heterocycles. The predicted octanol–water partition coefficient (Wildman–Crippen LogP) is 7.38. The molecule has 0 spiro atoms. The molecule has 5 rings (SSSR count). The van der Waals surface area contributed by atoms with Gasteiger partial charge in [-0.1, -0.05) is 117 Å². The zero-order valence-corrected chi connectivity index (χ0v) is 16.8. The molecule has 28 heavy (non-hydrogen) atoms. The molecular weight excluding hydrogens is 336 g/mol. The maximum Gasteiger partial charge on any atom is 0.0713 e. The standard InChI is InChI=1S/C26H20.C2H6/c1-19-11-10-18-24-25(19)22-16-8-9-17-23(22)26(24,20-12-4-2-5-13-20)21-14-6-3-7-15-21;1-2/h2-18H,1H3;1-2H3. The zero-order valence-electron chi connectivity index (χ0n) is 16.8. The van der Waals surface area contributed by atoms with Crippen molar-refractivity contribution in [3.8, 4) is 11.1 Å². The summed E-state index contributed by atoms with van der Waals surface area (Å²) in [6.45, 7) is 6.22. The third-order valence-electron chi connectivity index (χ3n) is 5.69. The monoisotopic (exact) mass is 362 g/mol. The molecule has 0 N–H and O–H groups in total. The maximum atomic E-state index is 2.31. The minimum absolute atomic E-state index is 0.263. The van der Waals surface area contributed by atoms with E-state index in [-0.39, 0.29) is 5.41 Å². The number of benzene rings is 4. The quantitative estimate of drug-likeness (QED) is 0.307. The van der Waals surface area contributed by atoms with Crippen molar-refractivity contribution < 1.29 is 0 Å². The minimum atomic E-state index is -0.263. The second-order valence-electron chi connectivity index (χ2n) is 7.03. The third kappa shape index (κ3) is 2.52. The van der Waals surface area contributed by atoms with Gasteiger partial charge in [-0.3, -0.25) is 0 Å². The molecule has 1 aliphatic carbocycles. The van der Waals surface area contributed by atoms with Crippen LogP contribution in [-0.2, 0) is 5.41 Å². The summed E-state index contributed by atoms with van der Waals surface area (Å²) in [7, 11) is 0. The highest BCUT2D eigenvalue weighted by atomic mass is 14.5. The molecule has 0 atom stereocenters. The van der Waals surface area contributed by atoms with Crippen molar-refractivity contribution in [3.63, 3.8) is 0 Å². The summed E-state index contributed by atoms with van der Waals surface area (Å²) in [5.41, 5.74) is 9.22. The van der Waals surface area contributed by atoms with Gasteiger partial charge in [0.25, 0.3) is 0 Å². The van der Waals surface area contributed by atoms with Gasteiger partial charge in [0.1, 0.15) is 0 Å². The fraction of sp³-hybridized carbons (Fsp3) is 0.143. The average molecular weight is 363 g/mol. The van der Waals surface area contributed by atoms with E-state index < -0.39 is 0 Å². The van der Waals surface area contributed by atoms with Crippen LogP contribution in [0.25, 0.3) is 11.1 Å². The van der Waals surface area contributed by atoms with Crippen LogP contribution in [0.4, 0.5) is 0 Å². The first-order valence-corrected chi connectivity index (χ1v) is 10.1. The SMILES string of the molecule is CC.Cc1cccc2c1-c1ccccc1C2(c1ccccc1)c1ccccc1. The Hall–Kier alpha value is -3.12. The molecule has 0 heteroatoms. The normalized spacial score (nSPS) is 13.1. The molecule has 138 valence electrons. The fourth-order valence-corrected chi connectivity index (χ4v) is 4.68. The molecule has 0 heterocycles. The van der Waals surface area contributed by atoms with Gasteiger partial charge >= 0.3 is 0 Å². The number of hydrogen-bond donors (Lipinski definition) is 0. The Morgan fingerprint density at radius 3 is 1.61 bits per heavy atom. The molecule has 4 aromatic rings. The third-order valence-corrected chi connectivity index (χ3v) is 5.69. The molecule has 0 unspecified atom stereocenters. The van der Waals surface area contributed by atoms with Gasteiger partial charge in [-0.15, -0.1) is 0 Å². The second-order valence-corrected chi connectivity index (χ2v) is 7.03. The molecule has 4 aromatic carbocycles. The predicted molar refractivity (Wildman–Crippen MR) is 120 cm³/mol. The topological polar surface area (TPSA) is 0 Å². The summed E-state index contributed by atoms with van der Waals surface area (Å²) in [5.74, 6) is 0. The molecule has 0 saturated carbocycles. The van der Waals surface area contributed by atoms with Gasteiger partial charge in [0.15, 0.2) is 0 Å². The molecular formula is C28H26. The summed E-state index contributed by atoms with van der Waals surface area (Å²) in [4.78, 5) is 0. The Balaban J connectivity index is 0.000000932. The molecule has 0 amide bonds. The van der Waals surface area contributed by atoms with Crippen LogP contribution >= 0.6 is 0 Å². The van der Waals surface area contributed by atoms with Gasteiger partial charge in [-0.2, -0.15) is 0 Å². The number of aryl methyl sites for hydroxylation is 1. The average Bonchev–Trinajstić information content (AvgIpc) is 3.09. The van der Waals surface area contributed by atoms with Gasteiger partial charge in [0.05, 0.1) is 5.41 Å². The van der Waals surface area contributed by atoms with Crippen LogP contribution < -0.4 is 0 Å². The highest BCUT2D eigenvalue weighted by Gasteiger charge is 2.46. The highest BCUT2D eigenvalue weighted by molar-refractivity contribution is 5.87. The highest BCUT2D eigenvalue weighted by Crippen LogP contribution is 2.56. The van der Waals surface area contributed by atoms with Gasteiger partial charge in [0.2, 0.25) is 0 Å². The fourth-order valence-electron chi connectivity index (χ4n) is 4.68. The lowest BCUT2D eigenvalue weighted by atomic mass is 9.67. The number of fused-ring (bicyclic) bond motifs is 3. The smallest absolute Gasteiger partial charge is 0.0683 e. The van der Waals surface area contributed by atoms with E-state index in [9.17, 15) is 0 Å². The molecule has 0 radical (unpaired) electrons. The summed E-state index contributed by atoms with van der Waals surface area (Å²) in [6, 6.07) is 37.5. The zero-order chi connectivity index (χ0) is 19.6. The van der Waals surface area contributed by atoms with E-state index in [4.69, 9.17) is 0 Å². The van der Waals surface area contributed by atoms with Crippen molar-refractivity contribution in [1.29, 1.82) is 0 Å². The Morgan fingerprint density at radius 1 is 0.500 bits per heavy atom. The van der Waals surface area contributed by atoms with Crippen LogP contribution in [0.15, 0.2) is 103 Å². The first kappa shape index (κ1) is 18.3. The van der Waals surface area contributed by atoms with Crippen molar-refractivity contribution in [2.45, 2.75) is 26.2 Å². The van der Waals surface area contributed by atoms with Crippen molar-refractivity contribution in [1.82, 2.24) is 0 Å². The Kier molecular flexibility index (Phi) is 4.88. The van der Waals surface area contributed by atoms with Gasteiger partial charge < -0.3 is 0 Å². The molecule has 0 saturated heterocycles. The Bertz CT molecular complexity index is 1040. The van der Waals surface area contributed by atoms with Gasteiger partial charge in [-0.05, 0) is 45.9 Å². The lowest BCUT2D eigenvalue weighted by Gasteiger charge is -2.33. The second kappa shape index (κ2) is 7.48. The summed E-state index contributed by atoms with van der Waals surface area (Å²) >= 11 is 0. The first-order chi connectivity index (χ1) is 13.8. The van der Waals surface area contributed by atoms with Crippen molar-refractivity contribution >= 4 is 0 Å². The number of hydrogen-bond acceptors (Lipinski definition) is 0. The van der Waals surface area contributed by atoms with Gasteiger partial charge in [-0.25, -0.2) is 0 Å².